The van der Waals surface area contributed by atoms with Gasteiger partial charge < -0.3 is 30.2 Å². The Bertz CT molecular complexity index is 1910. The van der Waals surface area contributed by atoms with Gasteiger partial charge in [0, 0.05) is 52.8 Å². The lowest BCUT2D eigenvalue weighted by Gasteiger charge is -2.42. The predicted octanol–water partition coefficient (Wildman–Crippen LogP) is 5.88. The van der Waals surface area contributed by atoms with Gasteiger partial charge in [-0.25, -0.2) is 0 Å². The summed E-state index contributed by atoms with van der Waals surface area (Å²) in [5.41, 5.74) is 12.2. The van der Waals surface area contributed by atoms with E-state index < -0.39 is 17.5 Å². The molecule has 0 saturated carbocycles. The number of H-pyrrole nitrogens is 1. The van der Waals surface area contributed by atoms with E-state index in [4.69, 9.17) is 19.9 Å². The van der Waals surface area contributed by atoms with E-state index in [1.807, 2.05) is 48.5 Å². The topological polar surface area (TPSA) is 128 Å². The highest BCUT2D eigenvalue weighted by atomic mass is 16.5. The van der Waals surface area contributed by atoms with E-state index in [1.54, 1.807) is 21.3 Å². The molecule has 1 aromatic heterocycles. The van der Waals surface area contributed by atoms with Gasteiger partial charge in [-0.05, 0) is 53.3 Å². The molecule has 4 aromatic carbocycles. The molecule has 0 bridgehead atoms. The molecule has 9 heteroatoms. The van der Waals surface area contributed by atoms with Gasteiger partial charge in [0.05, 0.1) is 32.9 Å². The summed E-state index contributed by atoms with van der Waals surface area (Å²) in [7, 11) is 4.82. The summed E-state index contributed by atoms with van der Waals surface area (Å²) in [5, 5.41) is 7.58. The van der Waals surface area contributed by atoms with E-state index in [9.17, 15) is 9.59 Å². The monoisotopic (exact) mass is 646 g/mol. The van der Waals surface area contributed by atoms with Crippen LogP contribution in [0, 0.1) is 0 Å². The third kappa shape index (κ3) is 6.09. The molecule has 2 atom stereocenters. The minimum atomic E-state index is -0.986. The van der Waals surface area contributed by atoms with Crippen molar-refractivity contribution in [1.29, 1.82) is 0 Å². The fourth-order valence-corrected chi connectivity index (χ4v) is 6.81. The maximum absolute atomic E-state index is 13.1. The highest BCUT2D eigenvalue weighted by Crippen LogP contribution is 2.46. The van der Waals surface area contributed by atoms with E-state index in [0.717, 1.165) is 57.3 Å². The molecule has 0 radical (unpaired) electrons. The summed E-state index contributed by atoms with van der Waals surface area (Å²) in [6, 6.07) is 27.1. The van der Waals surface area contributed by atoms with Crippen LogP contribution in [0.5, 0.6) is 17.2 Å². The molecule has 5 aromatic rings. The zero-order chi connectivity index (χ0) is 33.8. The highest BCUT2D eigenvalue weighted by molar-refractivity contribution is 5.99. The van der Waals surface area contributed by atoms with Crippen molar-refractivity contribution in [2.45, 2.75) is 44.2 Å². The molecule has 6 rings (SSSR count). The fourth-order valence-electron chi connectivity index (χ4n) is 6.81. The predicted molar refractivity (Wildman–Crippen MR) is 188 cm³/mol. The van der Waals surface area contributed by atoms with Gasteiger partial charge in [0.15, 0.2) is 0 Å². The number of carbonyl (C=O) groups excluding carboxylic acids is 2. The third-order valence-corrected chi connectivity index (χ3v) is 9.33. The summed E-state index contributed by atoms with van der Waals surface area (Å²) in [6.07, 6.45) is 2.59. The van der Waals surface area contributed by atoms with Crippen LogP contribution in [-0.2, 0) is 23.2 Å². The molecule has 0 spiro atoms. The van der Waals surface area contributed by atoms with Crippen molar-refractivity contribution in [2.24, 2.45) is 5.73 Å². The van der Waals surface area contributed by atoms with Gasteiger partial charge in [0.25, 0.3) is 5.91 Å². The minimum Gasteiger partial charge on any atom is -0.496 e. The van der Waals surface area contributed by atoms with Gasteiger partial charge >= 0.3 is 0 Å². The molecule has 2 unspecified atom stereocenters. The molecule has 0 saturated heterocycles. The van der Waals surface area contributed by atoms with Crippen LogP contribution in [0.3, 0.4) is 0 Å². The van der Waals surface area contributed by atoms with E-state index in [2.05, 4.69) is 58.9 Å². The normalized spacial score (nSPS) is 17.0. The average molecular weight is 647 g/mol. The van der Waals surface area contributed by atoms with Crippen LogP contribution in [-0.4, -0.2) is 50.7 Å². The number of carbonyl (C=O) groups is 2. The number of benzene rings is 4. The maximum atomic E-state index is 13.1. The lowest BCUT2D eigenvalue weighted by atomic mass is 9.74. The van der Waals surface area contributed by atoms with Crippen LogP contribution in [0.1, 0.15) is 52.5 Å². The first kappa shape index (κ1) is 32.7. The number of amides is 2. The van der Waals surface area contributed by atoms with Crippen molar-refractivity contribution >= 4 is 22.7 Å². The van der Waals surface area contributed by atoms with Crippen LogP contribution >= 0.6 is 0 Å². The SMILES string of the molecule is CCCCNC(=O)c1ccc2[nH]c3c(c2c1)CC(C(N)=O)NC3(Cc1c(OC)cc(OC)cc1OC)c1ccc(-c2ccccc2)cc1. The highest BCUT2D eigenvalue weighted by Gasteiger charge is 2.46. The second kappa shape index (κ2) is 13.8. The number of rotatable bonds is 12. The Balaban J connectivity index is 1.58. The molecule has 5 N–H and O–H groups in total. The standard InChI is InChI=1S/C39H42N4O5/c1-5-6-18-41-38(45)26-14-17-32-29(19-26)30-22-33(37(40)44)43-39(36(30)42-32,23-31-34(47-3)20-28(46-2)21-35(31)48-4)27-15-12-25(13-16-27)24-10-8-7-9-11-24/h7-17,19-21,33,42-43H,5-6,18,22-23H2,1-4H3,(H2,40,44)(H,41,45). The van der Waals surface area contributed by atoms with Gasteiger partial charge in [0.2, 0.25) is 5.91 Å². The van der Waals surface area contributed by atoms with Crippen molar-refractivity contribution in [3.63, 3.8) is 0 Å². The first-order chi connectivity index (χ1) is 23.3. The van der Waals surface area contributed by atoms with E-state index >= 15 is 0 Å². The number of unbranched alkanes of at least 4 members (excludes halogenated alkanes) is 1. The Morgan fingerprint density at radius 1 is 0.896 bits per heavy atom. The second-order valence-corrected chi connectivity index (χ2v) is 12.2. The van der Waals surface area contributed by atoms with Crippen LogP contribution in [0.2, 0.25) is 0 Å². The smallest absolute Gasteiger partial charge is 0.251 e. The van der Waals surface area contributed by atoms with Crippen LogP contribution in [0.15, 0.2) is 84.9 Å². The fraction of sp³-hybridized carbons (Fsp3) is 0.282. The largest absolute Gasteiger partial charge is 0.496 e. The Morgan fingerprint density at radius 3 is 2.21 bits per heavy atom. The number of ether oxygens (including phenoxy) is 3. The summed E-state index contributed by atoms with van der Waals surface area (Å²) in [6.45, 7) is 2.70. The lowest BCUT2D eigenvalue weighted by Crippen LogP contribution is -2.59. The Hall–Kier alpha value is -5.28. The number of nitrogens with one attached hydrogen (secondary N) is 3. The van der Waals surface area contributed by atoms with Crippen molar-refractivity contribution in [2.75, 3.05) is 27.9 Å². The quantitative estimate of drug-likeness (QED) is 0.126. The molecule has 248 valence electrons. The molecular formula is C39H42N4O5. The Labute approximate surface area is 280 Å². The first-order valence-electron chi connectivity index (χ1n) is 16.3. The molecule has 1 aliphatic heterocycles. The molecule has 0 fully saturated rings. The average Bonchev–Trinajstić information content (AvgIpc) is 3.50. The van der Waals surface area contributed by atoms with E-state index in [-0.39, 0.29) is 5.91 Å². The zero-order valence-electron chi connectivity index (χ0n) is 27.8. The molecule has 2 heterocycles. The molecule has 0 aliphatic carbocycles. The molecule has 48 heavy (non-hydrogen) atoms. The Morgan fingerprint density at radius 2 is 1.58 bits per heavy atom. The number of hydrogen-bond donors (Lipinski definition) is 4. The van der Waals surface area contributed by atoms with Crippen molar-refractivity contribution in [3.05, 3.63) is 113 Å². The molecule has 1 aliphatic rings. The van der Waals surface area contributed by atoms with Gasteiger partial charge in [-0.2, -0.15) is 0 Å². The number of aromatic amines is 1. The summed E-state index contributed by atoms with van der Waals surface area (Å²) in [5.74, 6) is 1.16. The zero-order valence-corrected chi connectivity index (χ0v) is 27.8. The molecule has 2 amide bonds. The first-order valence-corrected chi connectivity index (χ1v) is 16.3. The van der Waals surface area contributed by atoms with E-state index in [1.165, 1.54) is 0 Å². The summed E-state index contributed by atoms with van der Waals surface area (Å²) >= 11 is 0. The number of fused-ring (bicyclic) bond motifs is 3. The number of hydrogen-bond acceptors (Lipinski definition) is 6. The number of methoxy groups -OCH3 is 3. The van der Waals surface area contributed by atoms with Crippen molar-refractivity contribution in [3.8, 4) is 28.4 Å². The van der Waals surface area contributed by atoms with E-state index in [0.29, 0.717) is 42.2 Å². The number of nitrogens with two attached hydrogens (primary N) is 1. The minimum absolute atomic E-state index is 0.129. The number of aromatic nitrogens is 1. The van der Waals surface area contributed by atoms with Crippen molar-refractivity contribution < 1.29 is 23.8 Å². The van der Waals surface area contributed by atoms with Crippen LogP contribution in [0.4, 0.5) is 0 Å². The van der Waals surface area contributed by atoms with Gasteiger partial charge in [-0.1, -0.05) is 67.9 Å². The van der Waals surface area contributed by atoms with Crippen LogP contribution < -0.4 is 30.6 Å². The number of primary amides is 1. The molecule has 9 nitrogen and oxygen atoms in total. The van der Waals surface area contributed by atoms with Gasteiger partial charge in [-0.15, -0.1) is 0 Å². The van der Waals surface area contributed by atoms with Crippen molar-refractivity contribution in [1.82, 2.24) is 15.6 Å². The third-order valence-electron chi connectivity index (χ3n) is 9.33. The van der Waals surface area contributed by atoms with Crippen LogP contribution in [0.25, 0.3) is 22.0 Å². The second-order valence-electron chi connectivity index (χ2n) is 12.2. The maximum Gasteiger partial charge on any atom is 0.251 e. The summed E-state index contributed by atoms with van der Waals surface area (Å²) in [4.78, 5) is 29.9. The molecular weight excluding hydrogens is 604 g/mol. The van der Waals surface area contributed by atoms with Gasteiger partial charge in [-0.3, -0.25) is 14.9 Å². The van der Waals surface area contributed by atoms with Gasteiger partial charge in [0.1, 0.15) is 17.2 Å². The Kier molecular flexibility index (Phi) is 9.41. The summed E-state index contributed by atoms with van der Waals surface area (Å²) < 4.78 is 17.3. The lowest BCUT2D eigenvalue weighted by molar-refractivity contribution is -0.120.